The maximum Gasteiger partial charge on any atom is 0.146 e. The van der Waals surface area contributed by atoms with E-state index in [0.29, 0.717) is 12.1 Å². The number of rotatable bonds is 0. The maximum atomic E-state index is 5.65. The lowest BCUT2D eigenvalue weighted by molar-refractivity contribution is -0.0326. The highest BCUT2D eigenvalue weighted by atomic mass is 16.5. The Labute approximate surface area is 71.3 Å². The first-order chi connectivity index (χ1) is 5.77. The van der Waals surface area contributed by atoms with E-state index >= 15 is 0 Å². The summed E-state index contributed by atoms with van der Waals surface area (Å²) in [6, 6.07) is 0. The van der Waals surface area contributed by atoms with Crippen LogP contribution in [0.5, 0.6) is 0 Å². The van der Waals surface area contributed by atoms with Crippen molar-refractivity contribution in [3.63, 3.8) is 0 Å². The maximum absolute atomic E-state index is 5.65. The van der Waals surface area contributed by atoms with Crippen molar-refractivity contribution in [2.75, 3.05) is 6.61 Å². The van der Waals surface area contributed by atoms with Crippen molar-refractivity contribution in [1.82, 2.24) is 10.4 Å². The lowest BCUT2D eigenvalue weighted by Crippen LogP contribution is -2.41. The van der Waals surface area contributed by atoms with Crippen molar-refractivity contribution in [2.24, 2.45) is 5.73 Å². The topological polar surface area (TPSA) is 50.5 Å². The molecule has 1 aliphatic carbocycles. The van der Waals surface area contributed by atoms with Gasteiger partial charge >= 0.3 is 0 Å². The van der Waals surface area contributed by atoms with E-state index in [1.807, 2.05) is 11.2 Å². The van der Waals surface area contributed by atoms with Gasteiger partial charge in [0.1, 0.15) is 6.23 Å². The fraction of sp³-hybridized carbons (Fsp3) is 0.750. The fourth-order valence-electron chi connectivity index (χ4n) is 1.95. The summed E-state index contributed by atoms with van der Waals surface area (Å²) >= 11 is 0. The van der Waals surface area contributed by atoms with Crippen LogP contribution in [0.25, 0.3) is 0 Å². The van der Waals surface area contributed by atoms with Crippen LogP contribution in [-0.2, 0) is 4.74 Å². The lowest BCUT2D eigenvalue weighted by Gasteiger charge is -2.27. The molecule has 0 amide bonds. The molecule has 0 aromatic heterocycles. The zero-order valence-corrected chi connectivity index (χ0v) is 6.92. The summed E-state index contributed by atoms with van der Waals surface area (Å²) in [4.78, 5) is 0. The number of hydrogen-bond donors (Lipinski definition) is 2. The summed E-state index contributed by atoms with van der Waals surface area (Å²) in [5, 5.41) is 2.02. The Balaban J connectivity index is 1.84. The quantitative estimate of drug-likeness (QED) is 0.528. The van der Waals surface area contributed by atoms with Gasteiger partial charge in [-0.25, -0.2) is 5.43 Å². The minimum absolute atomic E-state index is 0.222. The van der Waals surface area contributed by atoms with Gasteiger partial charge in [-0.1, -0.05) is 0 Å². The molecular weight excluding hydrogens is 154 g/mol. The van der Waals surface area contributed by atoms with Crippen LogP contribution in [0, 0.1) is 0 Å². The van der Waals surface area contributed by atoms with Crippen molar-refractivity contribution in [3.05, 3.63) is 11.9 Å². The number of hydrazine groups is 1. The molecule has 0 bridgehead atoms. The van der Waals surface area contributed by atoms with E-state index in [2.05, 4.69) is 5.43 Å². The number of hydrogen-bond acceptors (Lipinski definition) is 4. The molecule has 0 aromatic rings. The summed E-state index contributed by atoms with van der Waals surface area (Å²) in [5.41, 5.74) is 10.2. The van der Waals surface area contributed by atoms with E-state index in [9.17, 15) is 0 Å². The van der Waals surface area contributed by atoms with Crippen molar-refractivity contribution in [1.29, 1.82) is 0 Å². The predicted octanol–water partition coefficient (Wildman–Crippen LogP) is -0.114. The van der Waals surface area contributed by atoms with E-state index in [0.717, 1.165) is 12.1 Å². The second-order valence-electron chi connectivity index (χ2n) is 3.97. The van der Waals surface area contributed by atoms with E-state index in [1.165, 1.54) is 12.8 Å². The summed E-state index contributed by atoms with van der Waals surface area (Å²) in [7, 11) is 0. The van der Waals surface area contributed by atoms with Crippen LogP contribution in [0.15, 0.2) is 11.9 Å². The zero-order valence-electron chi connectivity index (χ0n) is 6.92. The van der Waals surface area contributed by atoms with Crippen LogP contribution in [0.3, 0.4) is 0 Å². The molecule has 3 N–H and O–H groups in total. The molecule has 12 heavy (non-hydrogen) atoms. The molecule has 4 heteroatoms. The standard InChI is InChI=1S/C8H13N3O/c9-6-4-11-7(12-5-6)3-8(10-11)1-2-8/h4,7,10H,1-3,5,9H2. The summed E-state index contributed by atoms with van der Waals surface area (Å²) in [5.74, 6) is 0. The average Bonchev–Trinajstić information content (AvgIpc) is 2.63. The molecular formula is C8H13N3O. The summed E-state index contributed by atoms with van der Waals surface area (Å²) in [6.45, 7) is 0.582. The van der Waals surface area contributed by atoms with Gasteiger partial charge < -0.3 is 10.5 Å². The van der Waals surface area contributed by atoms with Gasteiger partial charge in [0.25, 0.3) is 0 Å². The SMILES string of the molecule is NC1=CN2NC3(CC3)CC2OC1. The van der Waals surface area contributed by atoms with Crippen LogP contribution >= 0.6 is 0 Å². The third kappa shape index (κ3) is 0.850. The molecule has 66 valence electrons. The van der Waals surface area contributed by atoms with Crippen LogP contribution in [0.2, 0.25) is 0 Å². The summed E-state index contributed by atoms with van der Waals surface area (Å²) in [6.07, 6.45) is 5.84. The van der Waals surface area contributed by atoms with Crippen molar-refractivity contribution in [2.45, 2.75) is 31.0 Å². The lowest BCUT2D eigenvalue weighted by atomic mass is 10.2. The number of nitrogens with two attached hydrogens (primary N) is 1. The molecule has 3 aliphatic rings. The molecule has 2 aliphatic heterocycles. The van der Waals surface area contributed by atoms with Gasteiger partial charge in [-0.2, -0.15) is 0 Å². The second kappa shape index (κ2) is 1.95. The highest BCUT2D eigenvalue weighted by molar-refractivity contribution is 5.11. The van der Waals surface area contributed by atoms with Gasteiger partial charge in [0.15, 0.2) is 0 Å². The Hall–Kier alpha value is -0.740. The smallest absolute Gasteiger partial charge is 0.146 e. The third-order valence-corrected chi connectivity index (χ3v) is 2.84. The number of nitrogens with zero attached hydrogens (tertiary/aromatic N) is 1. The zero-order chi connectivity index (χ0) is 8.18. The van der Waals surface area contributed by atoms with Gasteiger partial charge in [0.2, 0.25) is 0 Å². The third-order valence-electron chi connectivity index (χ3n) is 2.84. The first-order valence-corrected chi connectivity index (χ1v) is 4.41. The van der Waals surface area contributed by atoms with Crippen molar-refractivity contribution in [3.8, 4) is 0 Å². The van der Waals surface area contributed by atoms with E-state index in [-0.39, 0.29) is 6.23 Å². The van der Waals surface area contributed by atoms with E-state index in [1.54, 1.807) is 0 Å². The van der Waals surface area contributed by atoms with Gasteiger partial charge in [-0.05, 0) is 12.8 Å². The molecule has 4 nitrogen and oxygen atoms in total. The molecule has 2 fully saturated rings. The highest BCUT2D eigenvalue weighted by Gasteiger charge is 2.52. The van der Waals surface area contributed by atoms with Gasteiger partial charge in [-0.3, -0.25) is 5.01 Å². The molecule has 1 atom stereocenters. The first-order valence-electron chi connectivity index (χ1n) is 4.41. The van der Waals surface area contributed by atoms with Crippen molar-refractivity contribution >= 4 is 0 Å². The number of nitrogens with one attached hydrogen (secondary N) is 1. The van der Waals surface area contributed by atoms with Crippen LogP contribution in [-0.4, -0.2) is 23.4 Å². The van der Waals surface area contributed by atoms with Gasteiger partial charge in [0, 0.05) is 18.2 Å². The molecule has 1 saturated carbocycles. The van der Waals surface area contributed by atoms with E-state index < -0.39 is 0 Å². The number of fused-ring (bicyclic) bond motifs is 1. The van der Waals surface area contributed by atoms with Crippen molar-refractivity contribution < 1.29 is 4.74 Å². The number of ether oxygens (including phenoxy) is 1. The minimum atomic E-state index is 0.222. The molecule has 2 heterocycles. The van der Waals surface area contributed by atoms with Gasteiger partial charge in [0.05, 0.1) is 12.3 Å². The van der Waals surface area contributed by atoms with E-state index in [4.69, 9.17) is 10.5 Å². The molecule has 1 unspecified atom stereocenters. The van der Waals surface area contributed by atoms with Crippen LogP contribution in [0.4, 0.5) is 0 Å². The average molecular weight is 167 g/mol. The summed E-state index contributed by atoms with van der Waals surface area (Å²) < 4.78 is 5.56. The molecule has 0 radical (unpaired) electrons. The fourth-order valence-corrected chi connectivity index (χ4v) is 1.95. The monoisotopic (exact) mass is 167 g/mol. The predicted molar refractivity (Wildman–Crippen MR) is 43.6 cm³/mol. The highest BCUT2D eigenvalue weighted by Crippen LogP contribution is 2.45. The Kier molecular flexibility index (Phi) is 1.09. The second-order valence-corrected chi connectivity index (χ2v) is 3.97. The van der Waals surface area contributed by atoms with Crippen LogP contribution in [0.1, 0.15) is 19.3 Å². The van der Waals surface area contributed by atoms with Crippen LogP contribution < -0.4 is 11.2 Å². The first kappa shape index (κ1) is 6.74. The Morgan fingerprint density at radius 3 is 3.25 bits per heavy atom. The Bertz CT molecular complexity index is 247. The largest absolute Gasteiger partial charge is 0.399 e. The molecule has 1 spiro atoms. The molecule has 1 saturated heterocycles. The Morgan fingerprint density at radius 2 is 2.50 bits per heavy atom. The molecule has 0 aromatic carbocycles. The van der Waals surface area contributed by atoms with Gasteiger partial charge in [-0.15, -0.1) is 0 Å². The normalized spacial score (nSPS) is 36.5. The molecule has 3 rings (SSSR count). The Morgan fingerprint density at radius 1 is 1.67 bits per heavy atom. The minimum Gasteiger partial charge on any atom is -0.399 e.